The molecule has 1 amide bonds. The first kappa shape index (κ1) is 13.7. The third-order valence-electron chi connectivity index (χ3n) is 2.56. The van der Waals surface area contributed by atoms with Gasteiger partial charge in [0.05, 0.1) is 23.0 Å². The van der Waals surface area contributed by atoms with Gasteiger partial charge in [-0.25, -0.2) is 0 Å². The molecule has 0 fully saturated rings. The predicted octanol–water partition coefficient (Wildman–Crippen LogP) is 1.61. The van der Waals surface area contributed by atoms with Crippen LogP contribution in [-0.2, 0) is 4.74 Å². The Kier molecular flexibility index (Phi) is 4.65. The smallest absolute Gasteiger partial charge is 0.251 e. The standard InChI is InChI=1S/C13H14ClN3O2/c1-19-8-10(14)7-17-13(18)9-2-3-11-12(6-9)16-5-4-15-11/h2-6,10H,7-8H2,1H3,(H,17,18). The van der Waals surface area contributed by atoms with Crippen LogP contribution in [-0.4, -0.2) is 41.5 Å². The number of carbonyl (C=O) groups is 1. The van der Waals surface area contributed by atoms with Gasteiger partial charge in [-0.15, -0.1) is 11.6 Å². The maximum Gasteiger partial charge on any atom is 0.251 e. The van der Waals surface area contributed by atoms with E-state index in [2.05, 4.69) is 15.3 Å². The predicted molar refractivity (Wildman–Crippen MR) is 73.4 cm³/mol. The Morgan fingerprint density at radius 2 is 2.11 bits per heavy atom. The van der Waals surface area contributed by atoms with Gasteiger partial charge in [-0.05, 0) is 18.2 Å². The summed E-state index contributed by atoms with van der Waals surface area (Å²) < 4.78 is 4.90. The molecule has 0 aliphatic heterocycles. The molecule has 100 valence electrons. The van der Waals surface area contributed by atoms with Crippen molar-refractivity contribution in [3.05, 3.63) is 36.2 Å². The van der Waals surface area contributed by atoms with Crippen LogP contribution in [0.3, 0.4) is 0 Å². The first-order valence-electron chi connectivity index (χ1n) is 5.82. The zero-order chi connectivity index (χ0) is 13.7. The minimum Gasteiger partial charge on any atom is -0.383 e. The number of hydrogen-bond donors (Lipinski definition) is 1. The lowest BCUT2D eigenvalue weighted by Gasteiger charge is -2.10. The summed E-state index contributed by atoms with van der Waals surface area (Å²) in [4.78, 5) is 20.2. The number of ether oxygens (including phenoxy) is 1. The monoisotopic (exact) mass is 279 g/mol. The molecule has 0 radical (unpaired) electrons. The number of nitrogens with zero attached hydrogens (tertiary/aromatic N) is 2. The van der Waals surface area contributed by atoms with Crippen molar-refractivity contribution in [1.29, 1.82) is 0 Å². The van der Waals surface area contributed by atoms with E-state index >= 15 is 0 Å². The van der Waals surface area contributed by atoms with Crippen LogP contribution < -0.4 is 5.32 Å². The van der Waals surface area contributed by atoms with Gasteiger partial charge in [0.25, 0.3) is 5.91 Å². The Morgan fingerprint density at radius 1 is 1.37 bits per heavy atom. The fraction of sp³-hybridized carbons (Fsp3) is 0.308. The molecule has 1 atom stereocenters. The van der Waals surface area contributed by atoms with Crippen LogP contribution in [0.1, 0.15) is 10.4 Å². The highest BCUT2D eigenvalue weighted by Gasteiger charge is 2.10. The molecule has 0 aliphatic rings. The van der Waals surface area contributed by atoms with Crippen molar-refractivity contribution in [1.82, 2.24) is 15.3 Å². The Hall–Kier alpha value is -1.72. The number of nitrogens with one attached hydrogen (secondary N) is 1. The highest BCUT2D eigenvalue weighted by Crippen LogP contribution is 2.10. The quantitative estimate of drug-likeness (QED) is 0.845. The molecular formula is C13H14ClN3O2. The number of alkyl halides is 1. The fourth-order valence-corrected chi connectivity index (χ4v) is 1.85. The van der Waals surface area contributed by atoms with E-state index < -0.39 is 0 Å². The van der Waals surface area contributed by atoms with E-state index in [0.29, 0.717) is 24.2 Å². The van der Waals surface area contributed by atoms with Crippen molar-refractivity contribution in [3.63, 3.8) is 0 Å². The molecule has 1 unspecified atom stereocenters. The molecule has 0 bridgehead atoms. The largest absolute Gasteiger partial charge is 0.383 e. The second-order valence-electron chi connectivity index (χ2n) is 4.02. The van der Waals surface area contributed by atoms with Crippen molar-refractivity contribution in [3.8, 4) is 0 Å². The van der Waals surface area contributed by atoms with Crippen LogP contribution in [0.25, 0.3) is 11.0 Å². The summed E-state index contributed by atoms with van der Waals surface area (Å²) >= 11 is 5.95. The molecule has 2 aromatic rings. The number of methoxy groups -OCH3 is 1. The molecule has 0 aliphatic carbocycles. The first-order valence-corrected chi connectivity index (χ1v) is 6.26. The van der Waals surface area contributed by atoms with E-state index in [1.165, 1.54) is 0 Å². The maximum absolute atomic E-state index is 11.9. The minimum absolute atomic E-state index is 0.186. The first-order chi connectivity index (χ1) is 9.20. The second-order valence-corrected chi connectivity index (χ2v) is 4.64. The van der Waals surface area contributed by atoms with Crippen molar-refractivity contribution in [2.45, 2.75) is 5.38 Å². The van der Waals surface area contributed by atoms with E-state index in [1.54, 1.807) is 37.7 Å². The molecule has 1 N–H and O–H groups in total. The van der Waals surface area contributed by atoms with E-state index in [0.717, 1.165) is 5.52 Å². The number of amides is 1. The molecule has 0 saturated heterocycles. The van der Waals surface area contributed by atoms with Crippen LogP contribution >= 0.6 is 11.6 Å². The van der Waals surface area contributed by atoms with E-state index in [1.807, 2.05) is 0 Å². The number of benzene rings is 1. The fourth-order valence-electron chi connectivity index (χ4n) is 1.65. The molecule has 1 heterocycles. The van der Waals surface area contributed by atoms with Gasteiger partial charge in [0.1, 0.15) is 0 Å². The lowest BCUT2D eigenvalue weighted by atomic mass is 10.2. The average Bonchev–Trinajstić information content (AvgIpc) is 2.44. The zero-order valence-corrected chi connectivity index (χ0v) is 11.2. The number of hydrogen-bond acceptors (Lipinski definition) is 4. The van der Waals surface area contributed by atoms with Crippen LogP contribution in [0.2, 0.25) is 0 Å². The minimum atomic E-state index is -0.241. The van der Waals surface area contributed by atoms with Gasteiger partial charge >= 0.3 is 0 Å². The maximum atomic E-state index is 11.9. The summed E-state index contributed by atoms with van der Waals surface area (Å²) in [6.07, 6.45) is 3.21. The second kappa shape index (κ2) is 6.45. The van der Waals surface area contributed by atoms with Gasteiger partial charge in [-0.3, -0.25) is 14.8 Å². The number of carbonyl (C=O) groups excluding carboxylic acids is 1. The summed E-state index contributed by atoms with van der Waals surface area (Å²) in [5, 5.41) is 2.51. The van der Waals surface area contributed by atoms with E-state index in [4.69, 9.17) is 16.3 Å². The van der Waals surface area contributed by atoms with Crippen LogP contribution in [0.15, 0.2) is 30.6 Å². The van der Waals surface area contributed by atoms with Gasteiger partial charge in [-0.2, -0.15) is 0 Å². The molecule has 19 heavy (non-hydrogen) atoms. The molecule has 6 heteroatoms. The average molecular weight is 280 g/mol. The van der Waals surface area contributed by atoms with Gasteiger partial charge in [0, 0.05) is 31.6 Å². The van der Waals surface area contributed by atoms with Gasteiger partial charge in [0.15, 0.2) is 0 Å². The Balaban J connectivity index is 2.05. The molecule has 2 rings (SSSR count). The number of halogens is 1. The van der Waals surface area contributed by atoms with Crippen molar-refractivity contribution in [2.24, 2.45) is 0 Å². The summed E-state index contributed by atoms with van der Waals surface area (Å²) in [5.41, 5.74) is 1.98. The summed E-state index contributed by atoms with van der Waals surface area (Å²) in [7, 11) is 1.57. The molecule has 0 spiro atoms. The highest BCUT2D eigenvalue weighted by molar-refractivity contribution is 6.21. The van der Waals surface area contributed by atoms with Crippen LogP contribution in [0.4, 0.5) is 0 Å². The van der Waals surface area contributed by atoms with Crippen molar-refractivity contribution in [2.75, 3.05) is 20.3 Å². The Labute approximate surface area is 116 Å². The Morgan fingerprint density at radius 3 is 2.84 bits per heavy atom. The lowest BCUT2D eigenvalue weighted by molar-refractivity contribution is 0.0949. The normalized spacial score (nSPS) is 12.3. The number of aromatic nitrogens is 2. The lowest BCUT2D eigenvalue weighted by Crippen LogP contribution is -2.31. The van der Waals surface area contributed by atoms with Crippen LogP contribution in [0, 0.1) is 0 Å². The molecule has 1 aromatic carbocycles. The molecule has 5 nitrogen and oxygen atoms in total. The van der Waals surface area contributed by atoms with Crippen molar-refractivity contribution < 1.29 is 9.53 Å². The van der Waals surface area contributed by atoms with Gasteiger partial charge in [-0.1, -0.05) is 0 Å². The summed E-state index contributed by atoms with van der Waals surface area (Å²) in [6, 6.07) is 5.19. The SMILES string of the molecule is COCC(Cl)CNC(=O)c1ccc2nccnc2c1. The number of fused-ring (bicyclic) bond motifs is 1. The Bertz CT molecular complexity index is 577. The summed E-state index contributed by atoms with van der Waals surface area (Å²) in [5.74, 6) is -0.186. The topological polar surface area (TPSA) is 64.1 Å². The van der Waals surface area contributed by atoms with E-state index in [-0.39, 0.29) is 11.3 Å². The third kappa shape index (κ3) is 3.62. The highest BCUT2D eigenvalue weighted by atomic mass is 35.5. The molecular weight excluding hydrogens is 266 g/mol. The number of rotatable bonds is 5. The molecule has 0 saturated carbocycles. The van der Waals surface area contributed by atoms with Gasteiger partial charge in [0.2, 0.25) is 0 Å². The van der Waals surface area contributed by atoms with E-state index in [9.17, 15) is 4.79 Å². The van der Waals surface area contributed by atoms with Crippen LogP contribution in [0.5, 0.6) is 0 Å². The summed E-state index contributed by atoms with van der Waals surface area (Å²) in [6.45, 7) is 0.748. The zero-order valence-electron chi connectivity index (χ0n) is 10.5. The van der Waals surface area contributed by atoms with Crippen molar-refractivity contribution >= 4 is 28.5 Å². The molecule has 1 aromatic heterocycles. The van der Waals surface area contributed by atoms with Gasteiger partial charge < -0.3 is 10.1 Å². The third-order valence-corrected chi connectivity index (χ3v) is 2.84.